The second-order valence-electron chi connectivity index (χ2n) is 3.14. The van der Waals surface area contributed by atoms with Crippen molar-refractivity contribution in [1.29, 1.82) is 5.26 Å². The number of hydrogen-bond acceptors (Lipinski definition) is 2. The maximum absolute atomic E-state index is 8.82. The summed E-state index contributed by atoms with van der Waals surface area (Å²) < 4.78 is 1.90. The largest absolute Gasteiger partial charge is 0.330 e. The SMILES string of the molecule is Cn1c(C#N)ccc1Sc1ccccc1. The second-order valence-corrected chi connectivity index (χ2v) is 4.24. The Kier molecular flexibility index (Phi) is 2.79. The van der Waals surface area contributed by atoms with Gasteiger partial charge in [-0.3, -0.25) is 0 Å². The molecular weight excluding hydrogens is 204 g/mol. The lowest BCUT2D eigenvalue weighted by atomic mass is 10.4. The Balaban J connectivity index is 2.26. The Bertz CT molecular complexity index is 494. The summed E-state index contributed by atoms with van der Waals surface area (Å²) in [7, 11) is 1.91. The molecule has 1 aromatic heterocycles. The van der Waals surface area contributed by atoms with Gasteiger partial charge in [-0.25, -0.2) is 0 Å². The molecule has 0 amide bonds. The smallest absolute Gasteiger partial charge is 0.120 e. The number of nitriles is 1. The maximum Gasteiger partial charge on any atom is 0.120 e. The van der Waals surface area contributed by atoms with Gasteiger partial charge in [-0.05, 0) is 24.3 Å². The lowest BCUT2D eigenvalue weighted by molar-refractivity contribution is 0.815. The van der Waals surface area contributed by atoms with Gasteiger partial charge in [0.2, 0.25) is 0 Å². The van der Waals surface area contributed by atoms with Crippen molar-refractivity contribution < 1.29 is 0 Å². The molecule has 0 unspecified atom stereocenters. The summed E-state index contributed by atoms with van der Waals surface area (Å²) in [5.74, 6) is 0. The van der Waals surface area contributed by atoms with Crippen LogP contribution in [0.2, 0.25) is 0 Å². The van der Waals surface area contributed by atoms with Crippen molar-refractivity contribution in [2.45, 2.75) is 9.92 Å². The van der Waals surface area contributed by atoms with Crippen LogP contribution < -0.4 is 0 Å². The summed E-state index contributed by atoms with van der Waals surface area (Å²) in [4.78, 5) is 1.18. The molecule has 0 spiro atoms. The molecule has 0 saturated heterocycles. The van der Waals surface area contributed by atoms with E-state index in [2.05, 4.69) is 18.2 Å². The molecule has 15 heavy (non-hydrogen) atoms. The predicted octanol–water partition coefficient (Wildman–Crippen LogP) is 3.05. The molecule has 3 heteroatoms. The third kappa shape index (κ3) is 2.05. The van der Waals surface area contributed by atoms with Gasteiger partial charge in [0, 0.05) is 11.9 Å². The lowest BCUT2D eigenvalue weighted by Crippen LogP contribution is -1.92. The van der Waals surface area contributed by atoms with E-state index in [0.717, 1.165) is 5.03 Å². The average molecular weight is 214 g/mol. The molecule has 74 valence electrons. The Labute approximate surface area is 93.2 Å². The summed E-state index contributed by atoms with van der Waals surface area (Å²) in [5.41, 5.74) is 0.688. The van der Waals surface area contributed by atoms with E-state index in [4.69, 9.17) is 5.26 Å². The van der Waals surface area contributed by atoms with Gasteiger partial charge in [-0.1, -0.05) is 30.0 Å². The van der Waals surface area contributed by atoms with Crippen molar-refractivity contribution in [3.8, 4) is 6.07 Å². The second kappa shape index (κ2) is 4.24. The molecule has 2 nitrogen and oxygen atoms in total. The van der Waals surface area contributed by atoms with Crippen LogP contribution in [-0.4, -0.2) is 4.57 Å². The molecule has 0 N–H and O–H groups in total. The zero-order valence-corrected chi connectivity index (χ0v) is 9.16. The minimum atomic E-state index is 0.688. The first-order chi connectivity index (χ1) is 7.31. The van der Waals surface area contributed by atoms with Crippen LogP contribution in [0.15, 0.2) is 52.4 Å². The van der Waals surface area contributed by atoms with E-state index >= 15 is 0 Å². The van der Waals surface area contributed by atoms with E-state index in [-0.39, 0.29) is 0 Å². The highest BCUT2D eigenvalue weighted by Gasteiger charge is 2.04. The molecule has 1 aromatic carbocycles. The Hall–Kier alpha value is -1.66. The predicted molar refractivity (Wildman–Crippen MR) is 60.7 cm³/mol. The molecule has 0 bridgehead atoms. The first kappa shape index (κ1) is 9.88. The van der Waals surface area contributed by atoms with Crippen LogP contribution in [0.5, 0.6) is 0 Å². The zero-order chi connectivity index (χ0) is 10.7. The van der Waals surface area contributed by atoms with Gasteiger partial charge in [0.05, 0.1) is 5.03 Å². The summed E-state index contributed by atoms with van der Waals surface area (Å²) in [6.45, 7) is 0. The monoisotopic (exact) mass is 214 g/mol. The fourth-order valence-electron chi connectivity index (χ4n) is 1.32. The molecule has 1 heterocycles. The molecular formula is C12H10N2S. The van der Waals surface area contributed by atoms with Crippen LogP contribution in [0.1, 0.15) is 5.69 Å². The van der Waals surface area contributed by atoms with Gasteiger partial charge in [0.25, 0.3) is 0 Å². The van der Waals surface area contributed by atoms with Crippen molar-refractivity contribution in [2.24, 2.45) is 7.05 Å². The van der Waals surface area contributed by atoms with E-state index in [9.17, 15) is 0 Å². The zero-order valence-electron chi connectivity index (χ0n) is 8.34. The van der Waals surface area contributed by atoms with E-state index in [1.165, 1.54) is 4.90 Å². The highest BCUT2D eigenvalue weighted by Crippen LogP contribution is 2.28. The summed E-state index contributed by atoms with van der Waals surface area (Å²) >= 11 is 1.66. The fourth-order valence-corrected chi connectivity index (χ4v) is 2.22. The molecule has 2 rings (SSSR count). The van der Waals surface area contributed by atoms with Gasteiger partial charge < -0.3 is 4.57 Å². The van der Waals surface area contributed by atoms with Crippen LogP contribution in [-0.2, 0) is 7.05 Å². The van der Waals surface area contributed by atoms with Crippen molar-refractivity contribution in [1.82, 2.24) is 4.57 Å². The highest BCUT2D eigenvalue weighted by atomic mass is 32.2. The summed E-state index contributed by atoms with van der Waals surface area (Å²) in [6.07, 6.45) is 0. The summed E-state index contributed by atoms with van der Waals surface area (Å²) in [6, 6.07) is 16.1. The topological polar surface area (TPSA) is 28.7 Å². The Morgan fingerprint density at radius 3 is 2.47 bits per heavy atom. The molecule has 0 radical (unpaired) electrons. The molecule has 0 aliphatic carbocycles. The molecule has 2 aromatic rings. The minimum absolute atomic E-state index is 0.688. The van der Waals surface area contributed by atoms with Gasteiger partial charge in [-0.2, -0.15) is 5.26 Å². The van der Waals surface area contributed by atoms with Gasteiger partial charge in [0.1, 0.15) is 11.8 Å². The Morgan fingerprint density at radius 2 is 1.87 bits per heavy atom. The minimum Gasteiger partial charge on any atom is -0.330 e. The van der Waals surface area contributed by atoms with Crippen LogP contribution in [0.4, 0.5) is 0 Å². The van der Waals surface area contributed by atoms with E-state index in [0.29, 0.717) is 5.69 Å². The molecule has 0 saturated carbocycles. The standard InChI is InChI=1S/C12H10N2S/c1-14-10(9-13)7-8-12(14)15-11-5-3-2-4-6-11/h2-8H,1H3. The fraction of sp³-hybridized carbons (Fsp3) is 0.0833. The lowest BCUT2D eigenvalue weighted by Gasteiger charge is -2.03. The number of aromatic nitrogens is 1. The quantitative estimate of drug-likeness (QED) is 0.768. The first-order valence-corrected chi connectivity index (χ1v) is 5.41. The normalized spacial score (nSPS) is 9.87. The average Bonchev–Trinajstić information content (AvgIpc) is 2.62. The van der Waals surface area contributed by atoms with Gasteiger partial charge in [0.15, 0.2) is 0 Å². The first-order valence-electron chi connectivity index (χ1n) is 4.60. The van der Waals surface area contributed by atoms with Crippen molar-refractivity contribution in [3.63, 3.8) is 0 Å². The number of hydrogen-bond donors (Lipinski definition) is 0. The van der Waals surface area contributed by atoms with Crippen LogP contribution in [0, 0.1) is 11.3 Å². The highest BCUT2D eigenvalue weighted by molar-refractivity contribution is 7.99. The maximum atomic E-state index is 8.82. The third-order valence-electron chi connectivity index (χ3n) is 2.16. The molecule has 0 aliphatic rings. The molecule has 0 atom stereocenters. The number of nitrogens with zero attached hydrogens (tertiary/aromatic N) is 2. The number of benzene rings is 1. The molecule has 0 aliphatic heterocycles. The van der Waals surface area contributed by atoms with Crippen molar-refractivity contribution in [3.05, 3.63) is 48.2 Å². The van der Waals surface area contributed by atoms with Crippen molar-refractivity contribution >= 4 is 11.8 Å². The van der Waals surface area contributed by atoms with E-state index < -0.39 is 0 Å². The van der Waals surface area contributed by atoms with Gasteiger partial charge >= 0.3 is 0 Å². The van der Waals surface area contributed by atoms with Crippen LogP contribution >= 0.6 is 11.8 Å². The van der Waals surface area contributed by atoms with Gasteiger partial charge in [-0.15, -0.1) is 0 Å². The van der Waals surface area contributed by atoms with E-state index in [1.807, 2.05) is 41.9 Å². The van der Waals surface area contributed by atoms with Crippen molar-refractivity contribution in [2.75, 3.05) is 0 Å². The third-order valence-corrected chi connectivity index (χ3v) is 3.28. The Morgan fingerprint density at radius 1 is 1.13 bits per heavy atom. The van der Waals surface area contributed by atoms with Crippen LogP contribution in [0.25, 0.3) is 0 Å². The van der Waals surface area contributed by atoms with Crippen LogP contribution in [0.3, 0.4) is 0 Å². The molecule has 0 fully saturated rings. The van der Waals surface area contributed by atoms with E-state index in [1.54, 1.807) is 11.8 Å². The number of rotatable bonds is 2. The summed E-state index contributed by atoms with van der Waals surface area (Å²) in [5, 5.41) is 9.90.